The molecule has 0 aromatic heterocycles. The van der Waals surface area contributed by atoms with Crippen LogP contribution < -0.4 is 0 Å². The van der Waals surface area contributed by atoms with Gasteiger partial charge >= 0.3 is 98.2 Å². The van der Waals surface area contributed by atoms with E-state index < -0.39 is 18.4 Å². The van der Waals surface area contributed by atoms with Crippen LogP contribution in [0.3, 0.4) is 0 Å². The van der Waals surface area contributed by atoms with Crippen molar-refractivity contribution in [2.24, 2.45) is 0 Å². The number of hydrogen-bond acceptors (Lipinski definition) is 0. The molecule has 0 N–H and O–H groups in total. The fourth-order valence-corrected chi connectivity index (χ4v) is 3.31. The van der Waals surface area contributed by atoms with Gasteiger partial charge in [-0.2, -0.15) is 0 Å². The van der Waals surface area contributed by atoms with Gasteiger partial charge in [0.2, 0.25) is 0 Å². The van der Waals surface area contributed by atoms with Crippen molar-refractivity contribution in [1.82, 2.24) is 0 Å². The summed E-state index contributed by atoms with van der Waals surface area (Å²) in [6.45, 7) is 6.97. The number of hydrogen-bond donors (Lipinski definition) is 0. The topological polar surface area (TPSA) is 0 Å². The van der Waals surface area contributed by atoms with Crippen molar-refractivity contribution in [3.8, 4) is 9.86 Å². The molecule has 0 heterocycles. The number of rotatable bonds is 0. The van der Waals surface area contributed by atoms with Crippen molar-refractivity contribution in [1.29, 1.82) is 0 Å². The SMILES string of the molecule is C[C](C)(C)[Sn]([CH3])([CH3])[C]#Cc1ccccc1. The van der Waals surface area contributed by atoms with Gasteiger partial charge in [-0.25, -0.2) is 0 Å². The summed E-state index contributed by atoms with van der Waals surface area (Å²) in [5.74, 6) is 3.33. The van der Waals surface area contributed by atoms with E-state index in [1.54, 1.807) is 0 Å². The van der Waals surface area contributed by atoms with Gasteiger partial charge in [-0.1, -0.05) is 0 Å². The minimum atomic E-state index is -2.21. The first-order valence-electron chi connectivity index (χ1n) is 5.41. The summed E-state index contributed by atoms with van der Waals surface area (Å²) in [7, 11) is 0. The first-order valence-corrected chi connectivity index (χ1v) is 14.0. The Labute approximate surface area is 98.0 Å². The normalized spacial score (nSPS) is 11.8. The fraction of sp³-hybridized carbons (Fsp3) is 0.429. The van der Waals surface area contributed by atoms with Crippen molar-refractivity contribution in [3.05, 3.63) is 35.9 Å². The molecule has 0 radical (unpaired) electrons. The third-order valence-electron chi connectivity index (χ3n) is 3.17. The second-order valence-corrected chi connectivity index (χ2v) is 19.8. The molecule has 1 heteroatoms. The van der Waals surface area contributed by atoms with E-state index in [4.69, 9.17) is 0 Å². The van der Waals surface area contributed by atoms with E-state index in [0.717, 1.165) is 5.56 Å². The molecule has 0 fully saturated rings. The van der Waals surface area contributed by atoms with Crippen molar-refractivity contribution < 1.29 is 0 Å². The summed E-state index contributed by atoms with van der Waals surface area (Å²) in [5.41, 5.74) is 1.14. The second kappa shape index (κ2) is 4.61. The first-order chi connectivity index (χ1) is 6.83. The standard InChI is InChI=1S/C8H5.C4H9.2CH3.Sn/c1-2-8-6-4-3-5-7-8;1-4(2)3;;;/h3-7H;1-3H3;2*1H3;. The van der Waals surface area contributed by atoms with Gasteiger partial charge in [0.15, 0.2) is 0 Å². The molecule has 0 aliphatic carbocycles. The molecule has 0 aliphatic heterocycles. The Morgan fingerprint density at radius 3 is 2.00 bits per heavy atom. The Hall–Kier alpha value is -0.421. The predicted octanol–water partition coefficient (Wildman–Crippen LogP) is 4.09. The van der Waals surface area contributed by atoms with Gasteiger partial charge in [-0.15, -0.1) is 0 Å². The van der Waals surface area contributed by atoms with Crippen molar-refractivity contribution in [3.63, 3.8) is 0 Å². The molecular formula is C14H20Sn. The zero-order valence-electron chi connectivity index (χ0n) is 10.4. The molecule has 0 aliphatic rings. The molecule has 0 atom stereocenters. The summed E-state index contributed by atoms with van der Waals surface area (Å²) in [6.07, 6.45) is 0. The Bertz CT molecular complexity index is 371. The first kappa shape index (κ1) is 12.6. The van der Waals surface area contributed by atoms with Crippen molar-refractivity contribution in [2.75, 3.05) is 0 Å². The zero-order valence-corrected chi connectivity index (χ0v) is 13.2. The molecule has 0 saturated heterocycles. The summed E-state index contributed by atoms with van der Waals surface area (Å²) >= 11 is -2.21. The van der Waals surface area contributed by atoms with Gasteiger partial charge < -0.3 is 0 Å². The van der Waals surface area contributed by atoms with Gasteiger partial charge in [-0.3, -0.25) is 0 Å². The molecule has 0 spiro atoms. The molecule has 1 rings (SSSR count). The van der Waals surface area contributed by atoms with Crippen LogP contribution in [0.1, 0.15) is 26.3 Å². The van der Waals surface area contributed by atoms with Crippen LogP contribution in [-0.4, -0.2) is 18.4 Å². The van der Waals surface area contributed by atoms with E-state index in [9.17, 15) is 0 Å². The quantitative estimate of drug-likeness (QED) is 0.500. The van der Waals surface area contributed by atoms with Crippen LogP contribution in [0.2, 0.25) is 13.3 Å². The fourth-order valence-electron chi connectivity index (χ4n) is 0.937. The molecule has 0 amide bonds. The Morgan fingerprint density at radius 1 is 1.00 bits per heavy atom. The van der Waals surface area contributed by atoms with Gasteiger partial charge in [0.1, 0.15) is 0 Å². The van der Waals surface area contributed by atoms with Gasteiger partial charge in [0.25, 0.3) is 0 Å². The molecule has 15 heavy (non-hydrogen) atoms. The number of benzene rings is 1. The summed E-state index contributed by atoms with van der Waals surface area (Å²) in [6, 6.07) is 10.3. The Kier molecular flexibility index (Phi) is 3.89. The second-order valence-electron chi connectivity index (χ2n) is 5.49. The molecule has 0 nitrogen and oxygen atoms in total. The van der Waals surface area contributed by atoms with Crippen LogP contribution in [0.25, 0.3) is 0 Å². The maximum absolute atomic E-state index is 3.58. The predicted molar refractivity (Wildman–Crippen MR) is 70.5 cm³/mol. The van der Waals surface area contributed by atoms with E-state index in [0.29, 0.717) is 3.43 Å². The van der Waals surface area contributed by atoms with Gasteiger partial charge in [0, 0.05) is 0 Å². The van der Waals surface area contributed by atoms with E-state index in [-0.39, 0.29) is 0 Å². The average Bonchev–Trinajstić information content (AvgIpc) is 2.15. The van der Waals surface area contributed by atoms with Gasteiger partial charge in [0.05, 0.1) is 0 Å². The van der Waals surface area contributed by atoms with Crippen LogP contribution in [0, 0.1) is 9.86 Å². The van der Waals surface area contributed by atoms with Crippen LogP contribution in [0.4, 0.5) is 0 Å². The summed E-state index contributed by atoms with van der Waals surface area (Å²) in [5, 5.41) is 0. The van der Waals surface area contributed by atoms with Crippen LogP contribution in [0.15, 0.2) is 30.3 Å². The molecule has 1 aromatic rings. The van der Waals surface area contributed by atoms with E-state index in [1.165, 1.54) is 0 Å². The maximum atomic E-state index is 3.58. The third kappa shape index (κ3) is 3.57. The van der Waals surface area contributed by atoms with Crippen molar-refractivity contribution >= 4 is 18.4 Å². The summed E-state index contributed by atoms with van der Waals surface area (Å²) in [4.78, 5) is 4.81. The average molecular weight is 307 g/mol. The van der Waals surface area contributed by atoms with Crippen LogP contribution >= 0.6 is 0 Å². The zero-order chi connectivity index (χ0) is 11.5. The molecule has 80 valence electrons. The molecular weight excluding hydrogens is 287 g/mol. The third-order valence-corrected chi connectivity index (χ3v) is 16.0. The Morgan fingerprint density at radius 2 is 1.53 bits per heavy atom. The summed E-state index contributed by atoms with van der Waals surface area (Å²) < 4.78 is 3.99. The molecule has 0 unspecified atom stereocenters. The van der Waals surface area contributed by atoms with Gasteiger partial charge in [-0.05, 0) is 0 Å². The Balaban J connectivity index is 2.92. The van der Waals surface area contributed by atoms with E-state index in [2.05, 4.69) is 52.6 Å². The molecule has 0 saturated carbocycles. The van der Waals surface area contributed by atoms with Crippen LogP contribution in [-0.2, 0) is 0 Å². The monoisotopic (exact) mass is 308 g/mol. The molecule has 1 aromatic carbocycles. The molecule has 0 bridgehead atoms. The van der Waals surface area contributed by atoms with E-state index >= 15 is 0 Å². The van der Waals surface area contributed by atoms with E-state index in [1.807, 2.05) is 18.2 Å². The van der Waals surface area contributed by atoms with Crippen molar-refractivity contribution in [2.45, 2.75) is 34.1 Å². The minimum absolute atomic E-state index is 0.413. The van der Waals surface area contributed by atoms with Crippen LogP contribution in [0.5, 0.6) is 0 Å².